The van der Waals surface area contributed by atoms with Gasteiger partial charge in [-0.1, -0.05) is 0 Å². The number of aromatic nitrogens is 1. The van der Waals surface area contributed by atoms with Crippen LogP contribution >= 0.6 is 0 Å². The monoisotopic (exact) mass is 250 g/mol. The summed E-state index contributed by atoms with van der Waals surface area (Å²) in [4.78, 5) is 18.8. The molecule has 2 rings (SSSR count). The molecule has 1 aliphatic rings. The Balaban J connectivity index is 2.15. The summed E-state index contributed by atoms with van der Waals surface area (Å²) in [6.07, 6.45) is 0.858. The number of hydrogen-bond acceptors (Lipinski definition) is 4. The molecule has 2 heterocycles. The van der Waals surface area contributed by atoms with E-state index >= 15 is 0 Å². The minimum absolute atomic E-state index is 0.411. The highest BCUT2D eigenvalue weighted by Gasteiger charge is 2.36. The second-order valence-electron chi connectivity index (χ2n) is 5.11. The number of nitrogens with zero attached hydrogens (tertiary/aromatic N) is 3. The Morgan fingerprint density at radius 1 is 1.44 bits per heavy atom. The van der Waals surface area contributed by atoms with Crippen LogP contribution in [-0.2, 0) is 0 Å². The standard InChI is InChI=1S/C12H18N4O2/c1-12(2)8-15(5-6-16(12)11(17)18)9-3-4-10(13)14-7-9/h3-4,7H,5-6,8H2,1-2H3,(H2,13,14)(H,17,18). The number of rotatable bonds is 1. The molecule has 0 spiro atoms. The molecule has 1 aromatic rings. The summed E-state index contributed by atoms with van der Waals surface area (Å²) in [5.74, 6) is 0.488. The van der Waals surface area contributed by atoms with Crippen LogP contribution in [0.4, 0.5) is 16.3 Å². The molecule has 0 radical (unpaired) electrons. The number of amides is 1. The third-order valence-electron chi connectivity index (χ3n) is 3.27. The zero-order valence-corrected chi connectivity index (χ0v) is 10.6. The average molecular weight is 250 g/mol. The molecule has 3 N–H and O–H groups in total. The molecule has 1 aromatic heterocycles. The average Bonchev–Trinajstić information content (AvgIpc) is 2.28. The van der Waals surface area contributed by atoms with Crippen molar-refractivity contribution in [1.82, 2.24) is 9.88 Å². The molecule has 0 aliphatic carbocycles. The van der Waals surface area contributed by atoms with Crippen molar-refractivity contribution >= 4 is 17.6 Å². The van der Waals surface area contributed by atoms with Gasteiger partial charge in [0, 0.05) is 19.6 Å². The molecular formula is C12H18N4O2. The van der Waals surface area contributed by atoms with Crippen molar-refractivity contribution in [2.24, 2.45) is 0 Å². The molecule has 1 amide bonds. The van der Waals surface area contributed by atoms with Gasteiger partial charge in [0.25, 0.3) is 0 Å². The van der Waals surface area contributed by atoms with Crippen LogP contribution in [0.15, 0.2) is 18.3 Å². The van der Waals surface area contributed by atoms with Crippen LogP contribution in [0.5, 0.6) is 0 Å². The van der Waals surface area contributed by atoms with E-state index in [2.05, 4.69) is 9.88 Å². The van der Waals surface area contributed by atoms with E-state index in [1.54, 1.807) is 12.3 Å². The lowest BCUT2D eigenvalue weighted by atomic mass is 9.99. The first-order valence-corrected chi connectivity index (χ1v) is 5.87. The minimum atomic E-state index is -0.866. The topological polar surface area (TPSA) is 82.7 Å². The maximum atomic E-state index is 11.1. The minimum Gasteiger partial charge on any atom is -0.465 e. The molecule has 0 saturated carbocycles. The number of carboxylic acid groups (broad SMARTS) is 1. The molecule has 18 heavy (non-hydrogen) atoms. The van der Waals surface area contributed by atoms with E-state index in [9.17, 15) is 4.79 Å². The molecule has 6 heteroatoms. The van der Waals surface area contributed by atoms with Crippen molar-refractivity contribution in [2.75, 3.05) is 30.3 Å². The maximum Gasteiger partial charge on any atom is 0.407 e. The normalized spacial score (nSPS) is 18.8. The Morgan fingerprint density at radius 2 is 2.17 bits per heavy atom. The van der Waals surface area contributed by atoms with Crippen LogP contribution in [0, 0.1) is 0 Å². The van der Waals surface area contributed by atoms with E-state index in [1.165, 1.54) is 4.90 Å². The smallest absolute Gasteiger partial charge is 0.407 e. The number of carbonyl (C=O) groups is 1. The van der Waals surface area contributed by atoms with Crippen molar-refractivity contribution < 1.29 is 9.90 Å². The maximum absolute atomic E-state index is 11.1. The lowest BCUT2D eigenvalue weighted by Gasteiger charge is -2.46. The lowest BCUT2D eigenvalue weighted by Crippen LogP contribution is -2.60. The summed E-state index contributed by atoms with van der Waals surface area (Å²) in [5.41, 5.74) is 6.12. The van der Waals surface area contributed by atoms with E-state index in [-0.39, 0.29) is 0 Å². The van der Waals surface area contributed by atoms with Crippen molar-refractivity contribution in [1.29, 1.82) is 0 Å². The van der Waals surface area contributed by atoms with Gasteiger partial charge in [-0.2, -0.15) is 0 Å². The van der Waals surface area contributed by atoms with Crippen LogP contribution < -0.4 is 10.6 Å². The Morgan fingerprint density at radius 3 is 2.67 bits per heavy atom. The third-order valence-corrected chi connectivity index (χ3v) is 3.27. The summed E-state index contributed by atoms with van der Waals surface area (Å²) in [7, 11) is 0. The van der Waals surface area contributed by atoms with E-state index in [0.717, 1.165) is 5.69 Å². The second kappa shape index (κ2) is 4.36. The van der Waals surface area contributed by atoms with Gasteiger partial charge in [-0.15, -0.1) is 0 Å². The Kier molecular flexibility index (Phi) is 3.02. The highest BCUT2D eigenvalue weighted by atomic mass is 16.4. The van der Waals surface area contributed by atoms with Gasteiger partial charge in [0.2, 0.25) is 0 Å². The number of hydrogen-bond donors (Lipinski definition) is 2. The fourth-order valence-electron chi connectivity index (χ4n) is 2.31. The van der Waals surface area contributed by atoms with Crippen molar-refractivity contribution in [3.8, 4) is 0 Å². The molecule has 0 atom stereocenters. The van der Waals surface area contributed by atoms with Gasteiger partial charge >= 0.3 is 6.09 Å². The van der Waals surface area contributed by atoms with Gasteiger partial charge in [0.05, 0.1) is 17.4 Å². The van der Waals surface area contributed by atoms with Gasteiger partial charge in [0.1, 0.15) is 5.82 Å². The number of nitrogen functional groups attached to an aromatic ring is 1. The van der Waals surface area contributed by atoms with Crippen LogP contribution in [-0.4, -0.2) is 46.3 Å². The predicted octanol–water partition coefficient (Wildman–Crippen LogP) is 1.24. The van der Waals surface area contributed by atoms with Crippen LogP contribution in [0.1, 0.15) is 13.8 Å². The summed E-state index contributed by atoms with van der Waals surface area (Å²) in [5, 5.41) is 9.15. The van der Waals surface area contributed by atoms with Gasteiger partial charge in [-0.25, -0.2) is 9.78 Å². The predicted molar refractivity (Wildman–Crippen MR) is 69.7 cm³/mol. The zero-order chi connectivity index (χ0) is 13.3. The quantitative estimate of drug-likeness (QED) is 0.783. The molecule has 1 saturated heterocycles. The van der Waals surface area contributed by atoms with E-state index < -0.39 is 11.6 Å². The van der Waals surface area contributed by atoms with E-state index in [0.29, 0.717) is 25.5 Å². The van der Waals surface area contributed by atoms with Gasteiger partial charge < -0.3 is 15.7 Å². The van der Waals surface area contributed by atoms with E-state index in [4.69, 9.17) is 10.8 Å². The molecule has 0 bridgehead atoms. The molecule has 0 aromatic carbocycles. The fraction of sp³-hybridized carbons (Fsp3) is 0.500. The SMILES string of the molecule is CC1(C)CN(c2ccc(N)nc2)CCN1C(=O)O. The zero-order valence-electron chi connectivity index (χ0n) is 10.6. The number of nitrogens with two attached hydrogens (primary N) is 1. The summed E-state index contributed by atoms with van der Waals surface area (Å²) in [6, 6.07) is 3.67. The first-order valence-electron chi connectivity index (χ1n) is 5.87. The first kappa shape index (κ1) is 12.5. The third kappa shape index (κ3) is 2.32. The Bertz CT molecular complexity index is 444. The van der Waals surface area contributed by atoms with Crippen LogP contribution in [0.2, 0.25) is 0 Å². The second-order valence-corrected chi connectivity index (χ2v) is 5.11. The summed E-state index contributed by atoms with van der Waals surface area (Å²) >= 11 is 0. The van der Waals surface area contributed by atoms with Gasteiger partial charge in [0.15, 0.2) is 0 Å². The summed E-state index contributed by atoms with van der Waals surface area (Å²) in [6.45, 7) is 5.66. The number of anilines is 2. The fourth-order valence-corrected chi connectivity index (χ4v) is 2.31. The molecule has 98 valence electrons. The Hall–Kier alpha value is -1.98. The Labute approximate surface area is 106 Å². The highest BCUT2D eigenvalue weighted by Crippen LogP contribution is 2.25. The van der Waals surface area contributed by atoms with Crippen molar-refractivity contribution in [3.63, 3.8) is 0 Å². The highest BCUT2D eigenvalue weighted by molar-refractivity contribution is 5.67. The van der Waals surface area contributed by atoms with Crippen LogP contribution in [0.25, 0.3) is 0 Å². The van der Waals surface area contributed by atoms with Crippen LogP contribution in [0.3, 0.4) is 0 Å². The van der Waals surface area contributed by atoms with Gasteiger partial charge in [-0.3, -0.25) is 4.90 Å². The van der Waals surface area contributed by atoms with E-state index in [1.807, 2.05) is 19.9 Å². The molecular weight excluding hydrogens is 232 g/mol. The molecule has 6 nitrogen and oxygen atoms in total. The first-order chi connectivity index (χ1) is 8.40. The van der Waals surface area contributed by atoms with Crippen molar-refractivity contribution in [3.05, 3.63) is 18.3 Å². The number of pyridine rings is 1. The summed E-state index contributed by atoms with van der Waals surface area (Å²) < 4.78 is 0. The van der Waals surface area contributed by atoms with Gasteiger partial charge in [-0.05, 0) is 26.0 Å². The molecule has 1 aliphatic heterocycles. The molecule has 0 unspecified atom stereocenters. The molecule has 1 fully saturated rings. The van der Waals surface area contributed by atoms with Crippen molar-refractivity contribution in [2.45, 2.75) is 19.4 Å². The number of piperazine rings is 1. The largest absolute Gasteiger partial charge is 0.465 e. The lowest BCUT2D eigenvalue weighted by molar-refractivity contribution is 0.0845.